The summed E-state index contributed by atoms with van der Waals surface area (Å²) in [4.78, 5) is 0.365. The molecule has 0 fully saturated rings. The number of hydrogen-bond acceptors (Lipinski definition) is 3. The summed E-state index contributed by atoms with van der Waals surface area (Å²) in [7, 11) is -3.10. The van der Waals surface area contributed by atoms with Crippen molar-refractivity contribution in [1.29, 1.82) is 0 Å². The van der Waals surface area contributed by atoms with Crippen molar-refractivity contribution in [2.75, 3.05) is 18.1 Å². The molecule has 0 amide bonds. The summed E-state index contributed by atoms with van der Waals surface area (Å²) in [6.45, 7) is 0.797. The van der Waals surface area contributed by atoms with Gasteiger partial charge in [-0.3, -0.25) is 0 Å². The van der Waals surface area contributed by atoms with Crippen molar-refractivity contribution in [3.05, 3.63) is 29.8 Å². The highest BCUT2D eigenvalue weighted by Gasteiger charge is 2.10. The van der Waals surface area contributed by atoms with Crippen molar-refractivity contribution in [2.24, 2.45) is 0 Å². The lowest BCUT2D eigenvalue weighted by Gasteiger charge is -2.13. The van der Waals surface area contributed by atoms with Crippen LogP contribution in [0.1, 0.15) is 5.56 Å². The van der Waals surface area contributed by atoms with E-state index in [-0.39, 0.29) is 0 Å². The third-order valence-corrected chi connectivity index (χ3v) is 3.27. The Bertz CT molecular complexity index is 489. The minimum atomic E-state index is -3.10. The number of nitrogens with one attached hydrogen (secondary N) is 1. The molecule has 0 radical (unpaired) electrons. The van der Waals surface area contributed by atoms with Gasteiger partial charge < -0.3 is 5.32 Å². The molecule has 0 aliphatic carbocycles. The first-order valence-corrected chi connectivity index (χ1v) is 6.21. The van der Waals surface area contributed by atoms with Crippen molar-refractivity contribution in [3.63, 3.8) is 0 Å². The minimum absolute atomic E-state index is 0.365. The predicted octanol–water partition coefficient (Wildman–Crippen LogP) is 1.53. The molecule has 0 bridgehead atoms. The first kappa shape index (κ1) is 9.27. The van der Waals surface area contributed by atoms with E-state index in [1.54, 1.807) is 18.2 Å². The fourth-order valence-electron chi connectivity index (χ4n) is 1.43. The lowest BCUT2D eigenvalue weighted by molar-refractivity contribution is 0.602. The molecule has 1 heterocycles. The van der Waals surface area contributed by atoms with E-state index in [1.807, 2.05) is 12.2 Å². The van der Waals surface area contributed by atoms with Gasteiger partial charge in [-0.2, -0.15) is 0 Å². The van der Waals surface area contributed by atoms with Gasteiger partial charge in [0.1, 0.15) is 0 Å². The highest BCUT2D eigenvalue weighted by atomic mass is 32.2. The molecule has 0 atom stereocenters. The Morgan fingerprint density at radius 1 is 1.36 bits per heavy atom. The number of sulfone groups is 1. The van der Waals surface area contributed by atoms with E-state index in [9.17, 15) is 8.42 Å². The summed E-state index contributed by atoms with van der Waals surface area (Å²) >= 11 is 0. The van der Waals surface area contributed by atoms with E-state index in [1.165, 1.54) is 6.26 Å². The first-order chi connectivity index (χ1) is 6.57. The average molecular weight is 209 g/mol. The van der Waals surface area contributed by atoms with Crippen molar-refractivity contribution >= 4 is 21.6 Å². The molecule has 0 saturated heterocycles. The largest absolute Gasteiger partial charge is 0.381 e. The highest BCUT2D eigenvalue weighted by molar-refractivity contribution is 7.90. The Kier molecular flexibility index (Phi) is 2.07. The lowest BCUT2D eigenvalue weighted by atomic mass is 10.1. The van der Waals surface area contributed by atoms with Crippen LogP contribution in [-0.4, -0.2) is 21.2 Å². The van der Waals surface area contributed by atoms with E-state index < -0.39 is 9.84 Å². The van der Waals surface area contributed by atoms with Crippen LogP contribution in [0.4, 0.5) is 5.69 Å². The van der Waals surface area contributed by atoms with E-state index in [2.05, 4.69) is 5.32 Å². The SMILES string of the molecule is CS(=O)(=O)c1ccc2c(c1)C=CCN2. The molecule has 2 rings (SSSR count). The molecule has 1 aliphatic rings. The molecule has 1 N–H and O–H groups in total. The molecule has 0 aromatic heterocycles. The predicted molar refractivity (Wildman–Crippen MR) is 57.1 cm³/mol. The molecule has 3 nitrogen and oxygen atoms in total. The Labute approximate surface area is 83.4 Å². The van der Waals surface area contributed by atoms with Crippen molar-refractivity contribution < 1.29 is 8.42 Å². The molecule has 1 aromatic rings. The summed E-state index contributed by atoms with van der Waals surface area (Å²) in [6.07, 6.45) is 5.11. The average Bonchev–Trinajstić information content (AvgIpc) is 2.16. The van der Waals surface area contributed by atoms with Crippen LogP contribution in [0, 0.1) is 0 Å². The van der Waals surface area contributed by atoms with Gasteiger partial charge in [-0.1, -0.05) is 12.2 Å². The smallest absolute Gasteiger partial charge is 0.175 e. The molecular formula is C10H11NO2S. The molecule has 4 heteroatoms. The van der Waals surface area contributed by atoms with Gasteiger partial charge in [-0.25, -0.2) is 8.42 Å². The fraction of sp³-hybridized carbons (Fsp3) is 0.200. The van der Waals surface area contributed by atoms with Crippen LogP contribution in [0.2, 0.25) is 0 Å². The van der Waals surface area contributed by atoms with Crippen LogP contribution in [-0.2, 0) is 9.84 Å². The van der Waals surface area contributed by atoms with E-state index in [4.69, 9.17) is 0 Å². The maximum Gasteiger partial charge on any atom is 0.175 e. The summed E-state index contributed by atoms with van der Waals surface area (Å²) in [6, 6.07) is 5.11. The van der Waals surface area contributed by atoms with Crippen LogP contribution in [0.25, 0.3) is 6.08 Å². The van der Waals surface area contributed by atoms with Crippen LogP contribution >= 0.6 is 0 Å². The van der Waals surface area contributed by atoms with Gasteiger partial charge in [0.2, 0.25) is 0 Å². The second-order valence-corrected chi connectivity index (χ2v) is 5.32. The standard InChI is InChI=1S/C10H11NO2S/c1-14(12,13)9-4-5-10-8(7-9)3-2-6-11-10/h2-5,7,11H,6H2,1H3. The van der Waals surface area contributed by atoms with Gasteiger partial charge >= 0.3 is 0 Å². The van der Waals surface area contributed by atoms with E-state index in [0.29, 0.717) is 4.90 Å². The molecule has 74 valence electrons. The van der Waals surface area contributed by atoms with Gasteiger partial charge in [0.25, 0.3) is 0 Å². The zero-order valence-corrected chi connectivity index (χ0v) is 8.64. The summed E-state index contributed by atoms with van der Waals surface area (Å²) in [5, 5.41) is 3.16. The number of fused-ring (bicyclic) bond motifs is 1. The minimum Gasteiger partial charge on any atom is -0.381 e. The molecule has 14 heavy (non-hydrogen) atoms. The van der Waals surface area contributed by atoms with Gasteiger partial charge in [-0.05, 0) is 23.8 Å². The molecular weight excluding hydrogens is 198 g/mol. The Hall–Kier alpha value is -1.29. The second-order valence-electron chi connectivity index (χ2n) is 3.30. The molecule has 0 unspecified atom stereocenters. The van der Waals surface area contributed by atoms with Crippen molar-refractivity contribution in [2.45, 2.75) is 4.90 Å². The van der Waals surface area contributed by atoms with Crippen LogP contribution < -0.4 is 5.32 Å². The van der Waals surface area contributed by atoms with Crippen molar-refractivity contribution in [3.8, 4) is 0 Å². The number of rotatable bonds is 1. The zero-order valence-electron chi connectivity index (χ0n) is 7.82. The maximum absolute atomic E-state index is 11.3. The van der Waals surface area contributed by atoms with Crippen LogP contribution in [0.3, 0.4) is 0 Å². The Morgan fingerprint density at radius 3 is 2.86 bits per heavy atom. The maximum atomic E-state index is 11.3. The van der Waals surface area contributed by atoms with Gasteiger partial charge in [0, 0.05) is 18.5 Å². The van der Waals surface area contributed by atoms with E-state index >= 15 is 0 Å². The fourth-order valence-corrected chi connectivity index (χ4v) is 2.08. The summed E-state index contributed by atoms with van der Waals surface area (Å²) in [5.74, 6) is 0. The lowest BCUT2D eigenvalue weighted by Crippen LogP contribution is -2.05. The quantitative estimate of drug-likeness (QED) is 0.763. The molecule has 0 spiro atoms. The third-order valence-electron chi connectivity index (χ3n) is 2.16. The summed E-state index contributed by atoms with van der Waals surface area (Å²) in [5.41, 5.74) is 1.92. The van der Waals surface area contributed by atoms with Crippen molar-refractivity contribution in [1.82, 2.24) is 0 Å². The van der Waals surface area contributed by atoms with Crippen LogP contribution in [0.5, 0.6) is 0 Å². The van der Waals surface area contributed by atoms with Gasteiger partial charge in [-0.15, -0.1) is 0 Å². The number of hydrogen-bond donors (Lipinski definition) is 1. The number of anilines is 1. The third kappa shape index (κ3) is 1.65. The Balaban J connectivity index is 2.56. The topological polar surface area (TPSA) is 46.2 Å². The second kappa shape index (κ2) is 3.13. The Morgan fingerprint density at radius 2 is 2.14 bits per heavy atom. The number of benzene rings is 1. The zero-order chi connectivity index (χ0) is 10.2. The highest BCUT2D eigenvalue weighted by Crippen LogP contribution is 2.23. The normalized spacial score (nSPS) is 14.6. The summed E-state index contributed by atoms with van der Waals surface area (Å²) < 4.78 is 22.5. The monoisotopic (exact) mass is 209 g/mol. The molecule has 0 saturated carbocycles. The first-order valence-electron chi connectivity index (χ1n) is 4.32. The molecule has 1 aromatic carbocycles. The molecule has 1 aliphatic heterocycles. The van der Waals surface area contributed by atoms with E-state index in [0.717, 1.165) is 17.8 Å². The van der Waals surface area contributed by atoms with Gasteiger partial charge in [0.15, 0.2) is 9.84 Å². The van der Waals surface area contributed by atoms with Gasteiger partial charge in [0.05, 0.1) is 4.90 Å². The van der Waals surface area contributed by atoms with Crippen LogP contribution in [0.15, 0.2) is 29.2 Å².